The minimum Gasteiger partial charge on any atom is -0.391 e. The number of hydrogen-bond donors (Lipinski definition) is 2. The Balaban J connectivity index is 1.51. The molecule has 0 saturated carbocycles. The van der Waals surface area contributed by atoms with Crippen LogP contribution in [0.4, 0.5) is 5.82 Å². The third kappa shape index (κ3) is 4.37. The smallest absolute Gasteiger partial charge is 0.239 e. The monoisotopic (exact) mass is 311 g/mol. The summed E-state index contributed by atoms with van der Waals surface area (Å²) in [6.45, 7) is 1.54. The van der Waals surface area contributed by atoms with Crippen LogP contribution in [0.5, 0.6) is 0 Å². The van der Waals surface area contributed by atoms with E-state index in [-0.39, 0.29) is 18.4 Å². The zero-order valence-electron chi connectivity index (χ0n) is 12.9. The molecule has 2 aromatic rings. The number of aromatic nitrogens is 1. The molecule has 120 valence electrons. The van der Waals surface area contributed by atoms with Crippen LogP contribution in [0.3, 0.4) is 0 Å². The number of rotatable bonds is 5. The van der Waals surface area contributed by atoms with Crippen molar-refractivity contribution in [2.45, 2.75) is 12.5 Å². The zero-order chi connectivity index (χ0) is 16.1. The molecule has 2 atom stereocenters. The summed E-state index contributed by atoms with van der Waals surface area (Å²) in [5, 5.41) is 13.0. The molecule has 1 aromatic carbocycles. The van der Waals surface area contributed by atoms with Crippen molar-refractivity contribution in [3.63, 3.8) is 0 Å². The maximum atomic E-state index is 12.1. The normalized spacial score (nSPS) is 21.3. The Kier molecular flexibility index (Phi) is 5.00. The summed E-state index contributed by atoms with van der Waals surface area (Å²) in [7, 11) is 0. The predicted octanol–water partition coefficient (Wildman–Crippen LogP) is 1.56. The van der Waals surface area contributed by atoms with Gasteiger partial charge in [0, 0.05) is 25.2 Å². The first-order valence-corrected chi connectivity index (χ1v) is 7.86. The molecule has 0 unspecified atom stereocenters. The van der Waals surface area contributed by atoms with Crippen LogP contribution in [0, 0.1) is 5.92 Å². The van der Waals surface area contributed by atoms with Crippen LogP contribution < -0.4 is 5.32 Å². The van der Waals surface area contributed by atoms with Crippen molar-refractivity contribution in [1.29, 1.82) is 0 Å². The van der Waals surface area contributed by atoms with E-state index in [1.54, 1.807) is 18.3 Å². The highest BCUT2D eigenvalue weighted by Crippen LogP contribution is 2.21. The van der Waals surface area contributed by atoms with Gasteiger partial charge in [0.1, 0.15) is 5.82 Å². The maximum Gasteiger partial charge on any atom is 0.239 e. The van der Waals surface area contributed by atoms with Gasteiger partial charge in [0.2, 0.25) is 5.91 Å². The number of carbonyl (C=O) groups excluding carboxylic acids is 1. The van der Waals surface area contributed by atoms with E-state index in [1.165, 1.54) is 5.56 Å². The van der Waals surface area contributed by atoms with E-state index < -0.39 is 6.10 Å². The number of likely N-dealkylation sites (tertiary alicyclic amines) is 1. The summed E-state index contributed by atoms with van der Waals surface area (Å²) in [6.07, 6.45) is 2.09. The van der Waals surface area contributed by atoms with Gasteiger partial charge in [-0.1, -0.05) is 36.4 Å². The number of amides is 1. The molecule has 0 spiro atoms. The molecule has 1 saturated heterocycles. The summed E-state index contributed by atoms with van der Waals surface area (Å²) in [4.78, 5) is 18.1. The number of nitrogens with one attached hydrogen (secondary N) is 1. The second kappa shape index (κ2) is 7.35. The Morgan fingerprint density at radius 2 is 1.96 bits per heavy atom. The average molecular weight is 311 g/mol. The van der Waals surface area contributed by atoms with Crippen molar-refractivity contribution < 1.29 is 9.90 Å². The maximum absolute atomic E-state index is 12.1. The molecule has 5 nitrogen and oxygen atoms in total. The number of β-amino-alcohol motifs (C(OH)–C–C–N with tert-alkyl or cyclic N) is 1. The molecule has 1 aliphatic heterocycles. The fourth-order valence-electron chi connectivity index (χ4n) is 3.01. The van der Waals surface area contributed by atoms with Crippen LogP contribution in [0.1, 0.15) is 5.56 Å². The highest BCUT2D eigenvalue weighted by atomic mass is 16.3. The highest BCUT2D eigenvalue weighted by Gasteiger charge is 2.32. The Morgan fingerprint density at radius 3 is 2.70 bits per heavy atom. The number of hydrogen-bond acceptors (Lipinski definition) is 4. The number of carbonyl (C=O) groups is 1. The van der Waals surface area contributed by atoms with Crippen LogP contribution in [0.25, 0.3) is 0 Å². The number of anilines is 1. The van der Waals surface area contributed by atoms with E-state index in [0.717, 1.165) is 13.0 Å². The molecular formula is C18H21N3O2. The first-order chi connectivity index (χ1) is 11.2. The molecule has 3 rings (SSSR count). The van der Waals surface area contributed by atoms with Crippen molar-refractivity contribution in [3.05, 3.63) is 60.3 Å². The molecule has 1 fully saturated rings. The average Bonchev–Trinajstić information content (AvgIpc) is 2.88. The zero-order valence-corrected chi connectivity index (χ0v) is 12.9. The minimum atomic E-state index is -0.391. The Bertz CT molecular complexity index is 633. The number of aliphatic hydroxyl groups is 1. The molecule has 0 radical (unpaired) electrons. The first kappa shape index (κ1) is 15.6. The van der Waals surface area contributed by atoms with Crippen LogP contribution in [0.2, 0.25) is 0 Å². The van der Waals surface area contributed by atoms with Crippen molar-refractivity contribution in [2.75, 3.05) is 25.0 Å². The highest BCUT2D eigenvalue weighted by molar-refractivity contribution is 5.91. The van der Waals surface area contributed by atoms with Gasteiger partial charge in [0.05, 0.1) is 12.6 Å². The molecule has 2 N–H and O–H groups in total. The molecule has 1 aromatic heterocycles. The first-order valence-electron chi connectivity index (χ1n) is 7.86. The minimum absolute atomic E-state index is 0.101. The number of nitrogens with zero attached hydrogens (tertiary/aromatic N) is 2. The molecule has 1 aliphatic rings. The molecular weight excluding hydrogens is 290 g/mol. The van der Waals surface area contributed by atoms with Crippen molar-refractivity contribution >= 4 is 11.7 Å². The lowest BCUT2D eigenvalue weighted by Crippen LogP contribution is -2.32. The predicted molar refractivity (Wildman–Crippen MR) is 88.9 cm³/mol. The molecule has 2 heterocycles. The van der Waals surface area contributed by atoms with Crippen LogP contribution in [-0.4, -0.2) is 46.6 Å². The third-order valence-corrected chi connectivity index (χ3v) is 4.12. The Morgan fingerprint density at radius 1 is 1.17 bits per heavy atom. The molecule has 23 heavy (non-hydrogen) atoms. The van der Waals surface area contributed by atoms with E-state index in [1.807, 2.05) is 29.2 Å². The molecule has 0 aliphatic carbocycles. The molecule has 1 amide bonds. The quantitative estimate of drug-likeness (QED) is 0.879. The van der Waals surface area contributed by atoms with Gasteiger partial charge >= 0.3 is 0 Å². The fourth-order valence-corrected chi connectivity index (χ4v) is 3.01. The molecule has 0 bridgehead atoms. The van der Waals surface area contributed by atoms with Crippen molar-refractivity contribution in [2.24, 2.45) is 5.92 Å². The summed E-state index contributed by atoms with van der Waals surface area (Å²) < 4.78 is 0. The van der Waals surface area contributed by atoms with Crippen LogP contribution in [0.15, 0.2) is 54.7 Å². The largest absolute Gasteiger partial charge is 0.391 e. The van der Waals surface area contributed by atoms with Crippen molar-refractivity contribution in [3.8, 4) is 0 Å². The fraction of sp³-hybridized carbons (Fsp3) is 0.333. The number of aliphatic hydroxyl groups excluding tert-OH is 1. The van der Waals surface area contributed by atoms with E-state index in [9.17, 15) is 9.90 Å². The molecule has 5 heteroatoms. The van der Waals surface area contributed by atoms with Crippen LogP contribution in [-0.2, 0) is 11.2 Å². The third-order valence-electron chi connectivity index (χ3n) is 4.12. The van der Waals surface area contributed by atoms with E-state index in [2.05, 4.69) is 22.4 Å². The summed E-state index contributed by atoms with van der Waals surface area (Å²) in [5.41, 5.74) is 1.22. The van der Waals surface area contributed by atoms with Gasteiger partial charge in [-0.15, -0.1) is 0 Å². The second-order valence-electron chi connectivity index (χ2n) is 5.97. The summed E-state index contributed by atoms with van der Waals surface area (Å²) in [5.74, 6) is 0.620. The summed E-state index contributed by atoms with van der Waals surface area (Å²) >= 11 is 0. The SMILES string of the molecule is O=C(CN1C[C@@H](Cc2ccccc2)[C@H](O)C1)Nc1ccccn1. The van der Waals surface area contributed by atoms with Gasteiger partial charge in [0.25, 0.3) is 0 Å². The van der Waals surface area contributed by atoms with Gasteiger partial charge in [0.15, 0.2) is 0 Å². The van der Waals surface area contributed by atoms with E-state index in [0.29, 0.717) is 12.4 Å². The lowest BCUT2D eigenvalue weighted by Gasteiger charge is -2.15. The van der Waals surface area contributed by atoms with Gasteiger partial charge in [-0.05, 0) is 24.1 Å². The topological polar surface area (TPSA) is 65.5 Å². The summed E-state index contributed by atoms with van der Waals surface area (Å²) in [6, 6.07) is 15.5. The van der Waals surface area contributed by atoms with E-state index >= 15 is 0 Å². The number of benzene rings is 1. The van der Waals surface area contributed by atoms with Crippen molar-refractivity contribution in [1.82, 2.24) is 9.88 Å². The number of pyridine rings is 1. The lowest BCUT2D eigenvalue weighted by molar-refractivity contribution is -0.117. The standard InChI is InChI=1S/C18H21N3O2/c22-16-12-21(11-15(16)10-14-6-2-1-3-7-14)13-18(23)20-17-8-4-5-9-19-17/h1-9,15-16,22H,10-13H2,(H,19,20,23)/t15-,16-/m1/s1. The van der Waals surface area contributed by atoms with Gasteiger partial charge in [-0.2, -0.15) is 0 Å². The Hall–Kier alpha value is -2.24. The van der Waals surface area contributed by atoms with Gasteiger partial charge < -0.3 is 10.4 Å². The van der Waals surface area contributed by atoms with E-state index in [4.69, 9.17) is 0 Å². The lowest BCUT2D eigenvalue weighted by atomic mass is 9.97. The van der Waals surface area contributed by atoms with Crippen LogP contribution >= 0.6 is 0 Å². The van der Waals surface area contributed by atoms with Gasteiger partial charge in [-0.3, -0.25) is 9.69 Å². The van der Waals surface area contributed by atoms with Gasteiger partial charge in [-0.25, -0.2) is 4.98 Å². The second-order valence-corrected chi connectivity index (χ2v) is 5.97. The Labute approximate surface area is 136 Å².